The van der Waals surface area contributed by atoms with Crippen LogP contribution in [-0.2, 0) is 6.54 Å². The van der Waals surface area contributed by atoms with Gasteiger partial charge in [-0.2, -0.15) is 0 Å². The van der Waals surface area contributed by atoms with Crippen molar-refractivity contribution in [1.82, 2.24) is 25.2 Å². The Bertz CT molecular complexity index is 827. The van der Waals surface area contributed by atoms with Gasteiger partial charge < -0.3 is 14.6 Å². The fraction of sp³-hybridized carbons (Fsp3) is 0.556. The van der Waals surface area contributed by atoms with Crippen molar-refractivity contribution in [2.45, 2.75) is 57.2 Å². The van der Waals surface area contributed by atoms with E-state index in [1.807, 2.05) is 4.90 Å². The van der Waals surface area contributed by atoms with Crippen molar-refractivity contribution in [3.05, 3.63) is 34.5 Å². The third-order valence-electron chi connectivity index (χ3n) is 5.28. The molecule has 2 amide bonds. The highest BCUT2D eigenvalue weighted by Gasteiger charge is 2.31. The molecule has 1 aliphatic carbocycles. The van der Waals surface area contributed by atoms with Crippen molar-refractivity contribution >= 4 is 27.7 Å². The van der Waals surface area contributed by atoms with Crippen LogP contribution in [0.5, 0.6) is 0 Å². The van der Waals surface area contributed by atoms with E-state index in [0.29, 0.717) is 29.2 Å². The van der Waals surface area contributed by atoms with Crippen LogP contribution in [-0.4, -0.2) is 50.3 Å². The number of hydrogen-bond donors (Lipinski definition) is 1. The number of furan rings is 1. The van der Waals surface area contributed by atoms with Crippen LogP contribution in [0.2, 0.25) is 0 Å². The Labute approximate surface area is 165 Å². The summed E-state index contributed by atoms with van der Waals surface area (Å²) in [5.41, 5.74) is 0.327. The maximum absolute atomic E-state index is 12.7. The van der Waals surface area contributed by atoms with Crippen molar-refractivity contribution in [2.24, 2.45) is 0 Å². The summed E-state index contributed by atoms with van der Waals surface area (Å²) in [6, 6.07) is 3.64. The fourth-order valence-electron chi connectivity index (χ4n) is 3.90. The van der Waals surface area contributed by atoms with Gasteiger partial charge in [-0.25, -0.2) is 4.68 Å². The fourth-order valence-corrected chi connectivity index (χ4v) is 4.21. The van der Waals surface area contributed by atoms with Crippen molar-refractivity contribution in [2.75, 3.05) is 6.54 Å². The van der Waals surface area contributed by atoms with E-state index in [1.165, 1.54) is 0 Å². The first-order chi connectivity index (χ1) is 13.1. The highest BCUT2D eigenvalue weighted by Crippen LogP contribution is 2.23. The summed E-state index contributed by atoms with van der Waals surface area (Å²) < 4.78 is 7.58. The van der Waals surface area contributed by atoms with E-state index in [2.05, 4.69) is 31.6 Å². The second-order valence-corrected chi connectivity index (χ2v) is 7.96. The Morgan fingerprint density at radius 2 is 2.04 bits per heavy atom. The van der Waals surface area contributed by atoms with E-state index in [1.54, 1.807) is 23.0 Å². The van der Waals surface area contributed by atoms with Gasteiger partial charge in [-0.05, 0) is 53.7 Å². The topological polar surface area (TPSA) is 93.3 Å². The number of carbonyl (C=O) groups is 2. The Morgan fingerprint density at radius 1 is 1.22 bits per heavy atom. The molecular weight excluding hydrogens is 414 g/mol. The first-order valence-electron chi connectivity index (χ1n) is 9.37. The molecular formula is C18H22BrN5O3. The Kier molecular flexibility index (Phi) is 5.29. The number of amides is 2. The van der Waals surface area contributed by atoms with Gasteiger partial charge >= 0.3 is 0 Å². The number of nitrogens with zero attached hydrogens (tertiary/aromatic N) is 4. The van der Waals surface area contributed by atoms with Gasteiger partial charge in [0.15, 0.2) is 16.1 Å². The van der Waals surface area contributed by atoms with Crippen molar-refractivity contribution < 1.29 is 14.0 Å². The third-order valence-corrected chi connectivity index (χ3v) is 5.71. The summed E-state index contributed by atoms with van der Waals surface area (Å²) in [4.78, 5) is 26.8. The lowest BCUT2D eigenvalue weighted by Crippen LogP contribution is -2.38. The minimum Gasteiger partial charge on any atom is -0.444 e. The van der Waals surface area contributed by atoms with Gasteiger partial charge in [0.05, 0.1) is 18.8 Å². The first-order valence-corrected chi connectivity index (χ1v) is 10.2. The second kappa shape index (κ2) is 7.84. The molecule has 1 atom stereocenters. The van der Waals surface area contributed by atoms with Crippen LogP contribution in [0.15, 0.2) is 27.4 Å². The predicted octanol–water partition coefficient (Wildman–Crippen LogP) is 2.61. The Hall–Kier alpha value is -2.16. The van der Waals surface area contributed by atoms with E-state index in [0.717, 1.165) is 38.5 Å². The molecule has 0 radical (unpaired) electrons. The normalized spacial score (nSPS) is 20.3. The van der Waals surface area contributed by atoms with E-state index >= 15 is 0 Å². The maximum atomic E-state index is 12.7. The third kappa shape index (κ3) is 4.07. The molecule has 0 spiro atoms. The molecule has 144 valence electrons. The first kappa shape index (κ1) is 18.2. The minimum atomic E-state index is -0.173. The van der Waals surface area contributed by atoms with E-state index in [9.17, 15) is 9.59 Å². The molecule has 4 rings (SSSR count). The number of likely N-dealkylation sites (tertiary alicyclic amines) is 1. The van der Waals surface area contributed by atoms with Crippen LogP contribution in [0.3, 0.4) is 0 Å². The number of halogens is 1. The summed E-state index contributed by atoms with van der Waals surface area (Å²) in [5, 5.41) is 11.1. The van der Waals surface area contributed by atoms with Gasteiger partial charge in [0, 0.05) is 12.6 Å². The standard InChI is InChI=1S/C18H22BrN5O3/c19-16-8-7-15(27-16)18(26)24-9-3-6-13(24)10-23-11-14(21-22-23)17(25)20-12-4-1-2-5-12/h7-8,11-13H,1-6,9-10H2,(H,20,25). The lowest BCUT2D eigenvalue weighted by Gasteiger charge is -2.23. The van der Waals surface area contributed by atoms with Crippen LogP contribution in [0.1, 0.15) is 59.6 Å². The van der Waals surface area contributed by atoms with Crippen molar-refractivity contribution in [3.63, 3.8) is 0 Å². The second-order valence-electron chi connectivity index (χ2n) is 7.18. The van der Waals surface area contributed by atoms with Crippen LogP contribution < -0.4 is 5.32 Å². The molecule has 1 saturated heterocycles. The van der Waals surface area contributed by atoms with Crippen LogP contribution >= 0.6 is 15.9 Å². The number of rotatable bonds is 5. The highest BCUT2D eigenvalue weighted by molar-refractivity contribution is 9.10. The summed E-state index contributed by atoms with van der Waals surface area (Å²) in [6.45, 7) is 1.20. The molecule has 2 aliphatic rings. The van der Waals surface area contributed by atoms with E-state index < -0.39 is 0 Å². The van der Waals surface area contributed by atoms with Crippen LogP contribution in [0.25, 0.3) is 0 Å². The quantitative estimate of drug-likeness (QED) is 0.778. The number of carbonyl (C=O) groups excluding carboxylic acids is 2. The number of aromatic nitrogens is 3. The zero-order chi connectivity index (χ0) is 18.8. The molecule has 1 unspecified atom stereocenters. The van der Waals surface area contributed by atoms with Crippen molar-refractivity contribution in [3.8, 4) is 0 Å². The monoisotopic (exact) mass is 435 g/mol. The van der Waals surface area contributed by atoms with Crippen LogP contribution in [0.4, 0.5) is 0 Å². The molecule has 8 nitrogen and oxygen atoms in total. The average molecular weight is 436 g/mol. The van der Waals surface area contributed by atoms with Gasteiger partial charge in [0.1, 0.15) is 0 Å². The summed E-state index contributed by atoms with van der Waals surface area (Å²) in [5.74, 6) is 0.0273. The summed E-state index contributed by atoms with van der Waals surface area (Å²) in [6.07, 6.45) is 7.86. The lowest BCUT2D eigenvalue weighted by atomic mass is 10.2. The van der Waals surface area contributed by atoms with Gasteiger partial charge in [-0.3, -0.25) is 9.59 Å². The maximum Gasteiger partial charge on any atom is 0.289 e. The van der Waals surface area contributed by atoms with Crippen LogP contribution in [0, 0.1) is 0 Å². The largest absolute Gasteiger partial charge is 0.444 e. The van der Waals surface area contributed by atoms with Gasteiger partial charge in [-0.15, -0.1) is 5.10 Å². The number of hydrogen-bond acceptors (Lipinski definition) is 5. The molecule has 9 heteroatoms. The molecule has 0 aromatic carbocycles. The molecule has 3 heterocycles. The summed E-state index contributed by atoms with van der Waals surface area (Å²) in [7, 11) is 0. The molecule has 1 aliphatic heterocycles. The molecule has 1 saturated carbocycles. The lowest BCUT2D eigenvalue weighted by molar-refractivity contribution is 0.0687. The number of nitrogens with one attached hydrogen (secondary N) is 1. The molecule has 0 bridgehead atoms. The van der Waals surface area contributed by atoms with Gasteiger partial charge in [-0.1, -0.05) is 18.1 Å². The highest BCUT2D eigenvalue weighted by atomic mass is 79.9. The molecule has 2 aromatic heterocycles. The average Bonchev–Trinajstić information content (AvgIpc) is 3.42. The predicted molar refractivity (Wildman–Crippen MR) is 100 cm³/mol. The Balaban J connectivity index is 1.39. The molecule has 1 N–H and O–H groups in total. The SMILES string of the molecule is O=C(NC1CCCC1)c1cn(CC2CCCN2C(=O)c2ccc(Br)o2)nn1. The van der Waals surface area contributed by atoms with E-state index in [-0.39, 0.29) is 23.9 Å². The zero-order valence-electron chi connectivity index (χ0n) is 14.9. The van der Waals surface area contributed by atoms with Crippen molar-refractivity contribution in [1.29, 1.82) is 0 Å². The van der Waals surface area contributed by atoms with Gasteiger partial charge in [0.25, 0.3) is 11.8 Å². The minimum absolute atomic E-state index is 0.00817. The Morgan fingerprint density at radius 3 is 2.78 bits per heavy atom. The molecule has 2 aromatic rings. The summed E-state index contributed by atoms with van der Waals surface area (Å²) >= 11 is 3.23. The van der Waals surface area contributed by atoms with Gasteiger partial charge in [0.2, 0.25) is 0 Å². The molecule has 2 fully saturated rings. The smallest absolute Gasteiger partial charge is 0.289 e. The molecule has 27 heavy (non-hydrogen) atoms. The van der Waals surface area contributed by atoms with E-state index in [4.69, 9.17) is 4.42 Å². The zero-order valence-corrected chi connectivity index (χ0v) is 16.5.